The number of benzene rings is 1. The molecule has 3 aromatic rings. The zero-order chi connectivity index (χ0) is 18.8. The van der Waals surface area contributed by atoms with Crippen molar-refractivity contribution in [2.75, 3.05) is 32.5 Å². The van der Waals surface area contributed by atoms with Gasteiger partial charge in [0.05, 0.1) is 11.9 Å². The lowest BCUT2D eigenvalue weighted by Gasteiger charge is -2.32. The number of likely N-dealkylation sites (tertiary alicyclic amines) is 1. The molecule has 0 atom stereocenters. The van der Waals surface area contributed by atoms with Crippen LogP contribution in [0.2, 0.25) is 0 Å². The third-order valence-corrected chi connectivity index (χ3v) is 4.92. The molecule has 7 nitrogen and oxygen atoms in total. The Morgan fingerprint density at radius 2 is 1.81 bits per heavy atom. The second-order valence-electron chi connectivity index (χ2n) is 7.12. The predicted molar refractivity (Wildman–Crippen MR) is 105 cm³/mol. The monoisotopic (exact) mass is 364 g/mol. The highest BCUT2D eigenvalue weighted by Gasteiger charge is 2.27. The fourth-order valence-corrected chi connectivity index (χ4v) is 3.45. The molecule has 4 rings (SSSR count). The smallest absolute Gasteiger partial charge is 0.319 e. The van der Waals surface area contributed by atoms with E-state index in [4.69, 9.17) is 10.1 Å². The van der Waals surface area contributed by atoms with Gasteiger partial charge in [0.15, 0.2) is 11.5 Å². The van der Waals surface area contributed by atoms with Crippen molar-refractivity contribution in [3.05, 3.63) is 54.5 Å². The molecule has 2 aromatic heterocycles. The summed E-state index contributed by atoms with van der Waals surface area (Å²) < 4.78 is 1.83. The van der Waals surface area contributed by atoms with E-state index in [0.717, 1.165) is 48.8 Å². The van der Waals surface area contributed by atoms with E-state index in [-0.39, 0.29) is 6.03 Å². The number of hydrogen-bond donors (Lipinski definition) is 1. The van der Waals surface area contributed by atoms with Gasteiger partial charge in [0, 0.05) is 38.8 Å². The van der Waals surface area contributed by atoms with Crippen LogP contribution >= 0.6 is 0 Å². The zero-order valence-corrected chi connectivity index (χ0v) is 15.7. The summed E-state index contributed by atoms with van der Waals surface area (Å²) in [5.74, 6) is 1.16. The molecule has 0 spiro atoms. The molecule has 1 aliphatic rings. The number of urea groups is 1. The number of pyridine rings is 1. The van der Waals surface area contributed by atoms with Gasteiger partial charge in [0.1, 0.15) is 0 Å². The molecule has 7 heteroatoms. The topological polar surface area (TPSA) is 65.8 Å². The number of anilines is 2. The lowest BCUT2D eigenvalue weighted by Crippen LogP contribution is -2.43. The number of carbonyl (C=O) groups is 1. The molecule has 1 aromatic carbocycles. The molecule has 0 radical (unpaired) electrons. The number of piperidine rings is 1. The van der Waals surface area contributed by atoms with Crippen LogP contribution in [0.1, 0.15) is 24.6 Å². The van der Waals surface area contributed by atoms with Crippen LogP contribution in [0.25, 0.3) is 5.65 Å². The molecule has 0 saturated carbocycles. The van der Waals surface area contributed by atoms with Gasteiger partial charge in [-0.1, -0.05) is 18.2 Å². The minimum atomic E-state index is 0.0769. The van der Waals surface area contributed by atoms with Crippen LogP contribution in [-0.2, 0) is 0 Å². The maximum absolute atomic E-state index is 12.1. The minimum absolute atomic E-state index is 0.0769. The Morgan fingerprint density at radius 1 is 1.07 bits per heavy atom. The molecule has 1 aliphatic heterocycles. The van der Waals surface area contributed by atoms with Gasteiger partial charge in [-0.3, -0.25) is 0 Å². The number of fused-ring (bicyclic) bond motifs is 1. The van der Waals surface area contributed by atoms with Crippen molar-refractivity contribution in [1.82, 2.24) is 24.4 Å². The van der Waals surface area contributed by atoms with Crippen LogP contribution in [0, 0.1) is 0 Å². The Kier molecular flexibility index (Phi) is 4.66. The summed E-state index contributed by atoms with van der Waals surface area (Å²) in [6.45, 7) is 1.50. The minimum Gasteiger partial charge on any atom is -0.354 e. The third-order valence-electron chi connectivity index (χ3n) is 4.92. The number of para-hydroxylation sites is 1. The average molecular weight is 364 g/mol. The van der Waals surface area contributed by atoms with E-state index < -0.39 is 0 Å². The van der Waals surface area contributed by atoms with Crippen LogP contribution in [-0.4, -0.2) is 57.6 Å². The van der Waals surface area contributed by atoms with E-state index in [1.54, 1.807) is 19.0 Å². The Morgan fingerprint density at radius 3 is 2.52 bits per heavy atom. The van der Waals surface area contributed by atoms with E-state index >= 15 is 0 Å². The van der Waals surface area contributed by atoms with Crippen LogP contribution in [0.3, 0.4) is 0 Å². The van der Waals surface area contributed by atoms with Crippen LogP contribution in [0.5, 0.6) is 0 Å². The molecule has 140 valence electrons. The van der Waals surface area contributed by atoms with Crippen molar-refractivity contribution in [3.8, 4) is 0 Å². The van der Waals surface area contributed by atoms with Crippen molar-refractivity contribution in [2.45, 2.75) is 18.8 Å². The van der Waals surface area contributed by atoms with E-state index in [9.17, 15) is 4.79 Å². The highest BCUT2D eigenvalue weighted by molar-refractivity contribution is 5.73. The van der Waals surface area contributed by atoms with Gasteiger partial charge < -0.3 is 15.1 Å². The van der Waals surface area contributed by atoms with E-state index in [1.165, 1.54) is 0 Å². The number of carbonyl (C=O) groups excluding carboxylic acids is 1. The van der Waals surface area contributed by atoms with E-state index in [1.807, 2.05) is 58.1 Å². The molecule has 0 unspecified atom stereocenters. The summed E-state index contributed by atoms with van der Waals surface area (Å²) in [5, 5.41) is 8.07. The number of nitrogens with zero attached hydrogens (tertiary/aromatic N) is 5. The highest BCUT2D eigenvalue weighted by Crippen LogP contribution is 2.27. The fourth-order valence-electron chi connectivity index (χ4n) is 3.45. The van der Waals surface area contributed by atoms with Crippen LogP contribution < -0.4 is 5.32 Å². The first-order chi connectivity index (χ1) is 13.1. The first-order valence-corrected chi connectivity index (χ1v) is 9.25. The van der Waals surface area contributed by atoms with Crippen molar-refractivity contribution in [3.63, 3.8) is 0 Å². The van der Waals surface area contributed by atoms with Crippen molar-refractivity contribution in [1.29, 1.82) is 0 Å². The quantitative estimate of drug-likeness (QED) is 0.774. The molecular formula is C20H24N6O. The first-order valence-electron chi connectivity index (χ1n) is 9.25. The number of aromatic nitrogens is 3. The summed E-state index contributed by atoms with van der Waals surface area (Å²) in [7, 11) is 3.58. The number of hydrogen-bond acceptors (Lipinski definition) is 4. The SMILES string of the molecule is CN(C)C(=O)N1CCC(c2nc3ccc(Nc4ccccc4)cn3n2)CC1. The number of rotatable bonds is 3. The van der Waals surface area contributed by atoms with E-state index in [2.05, 4.69) is 5.32 Å². The van der Waals surface area contributed by atoms with Crippen molar-refractivity contribution >= 4 is 23.1 Å². The molecule has 1 saturated heterocycles. The maximum Gasteiger partial charge on any atom is 0.319 e. The Bertz CT molecular complexity index is 928. The molecule has 0 bridgehead atoms. The normalized spacial score (nSPS) is 15.1. The first kappa shape index (κ1) is 17.3. The van der Waals surface area contributed by atoms with E-state index in [0.29, 0.717) is 5.92 Å². The van der Waals surface area contributed by atoms with Gasteiger partial charge in [-0.15, -0.1) is 0 Å². The fraction of sp³-hybridized carbons (Fsp3) is 0.350. The predicted octanol–water partition coefficient (Wildman–Crippen LogP) is 3.33. The van der Waals surface area contributed by atoms with Crippen LogP contribution in [0.15, 0.2) is 48.7 Å². The number of amides is 2. The van der Waals surface area contributed by atoms with Gasteiger partial charge in [-0.2, -0.15) is 5.10 Å². The van der Waals surface area contributed by atoms with Gasteiger partial charge in [-0.25, -0.2) is 14.3 Å². The molecule has 1 N–H and O–H groups in total. The standard InChI is InChI=1S/C20H24N6O/c1-24(2)20(27)25-12-10-15(11-13-25)19-22-18-9-8-17(14-26(18)23-19)21-16-6-4-3-5-7-16/h3-9,14-15,21H,10-13H2,1-2H3. The van der Waals surface area contributed by atoms with Crippen molar-refractivity contribution in [2.24, 2.45) is 0 Å². The van der Waals surface area contributed by atoms with Gasteiger partial charge in [0.25, 0.3) is 0 Å². The third kappa shape index (κ3) is 3.72. The number of nitrogens with one attached hydrogen (secondary N) is 1. The van der Waals surface area contributed by atoms with Gasteiger partial charge >= 0.3 is 6.03 Å². The summed E-state index contributed by atoms with van der Waals surface area (Å²) in [4.78, 5) is 20.3. The second kappa shape index (κ2) is 7.26. The lowest BCUT2D eigenvalue weighted by molar-refractivity contribution is 0.155. The Balaban J connectivity index is 1.47. The summed E-state index contributed by atoms with van der Waals surface area (Å²) in [6.07, 6.45) is 3.75. The molecule has 0 aliphatic carbocycles. The van der Waals surface area contributed by atoms with Gasteiger partial charge in [-0.05, 0) is 37.1 Å². The molecular weight excluding hydrogens is 340 g/mol. The molecule has 3 heterocycles. The van der Waals surface area contributed by atoms with Gasteiger partial charge in [0.2, 0.25) is 0 Å². The van der Waals surface area contributed by atoms with Crippen molar-refractivity contribution < 1.29 is 4.79 Å². The maximum atomic E-state index is 12.1. The summed E-state index contributed by atoms with van der Waals surface area (Å²) >= 11 is 0. The second-order valence-corrected chi connectivity index (χ2v) is 7.12. The molecule has 27 heavy (non-hydrogen) atoms. The molecule has 2 amide bonds. The lowest BCUT2D eigenvalue weighted by atomic mass is 9.96. The Hall–Kier alpha value is -3.09. The average Bonchev–Trinajstić information content (AvgIpc) is 3.11. The zero-order valence-electron chi connectivity index (χ0n) is 15.7. The Labute approximate surface area is 158 Å². The summed E-state index contributed by atoms with van der Waals surface area (Å²) in [6, 6.07) is 14.1. The summed E-state index contributed by atoms with van der Waals surface area (Å²) in [5.41, 5.74) is 2.85. The highest BCUT2D eigenvalue weighted by atomic mass is 16.2. The molecule has 1 fully saturated rings. The largest absolute Gasteiger partial charge is 0.354 e. The van der Waals surface area contributed by atoms with Crippen LogP contribution in [0.4, 0.5) is 16.2 Å².